The molecule has 0 saturated carbocycles. The molecule has 1 rings (SSSR count). The number of carbonyl (C=O) groups is 1. The van der Waals surface area contributed by atoms with E-state index in [2.05, 4.69) is 17.5 Å². The third-order valence-corrected chi connectivity index (χ3v) is 3.10. The van der Waals surface area contributed by atoms with Gasteiger partial charge < -0.3 is 5.32 Å². The molecule has 1 N–H and O–H groups in total. The molecule has 0 radical (unpaired) electrons. The van der Waals surface area contributed by atoms with Gasteiger partial charge in [-0.25, -0.2) is 0 Å². The van der Waals surface area contributed by atoms with Crippen molar-refractivity contribution in [1.82, 2.24) is 5.32 Å². The average molecular weight is 235 g/mol. The van der Waals surface area contributed by atoms with Gasteiger partial charge in [0, 0.05) is 24.1 Å². The highest BCUT2D eigenvalue weighted by Gasteiger charge is 2.02. The highest BCUT2D eigenvalue weighted by Crippen LogP contribution is 2.13. The van der Waals surface area contributed by atoms with Gasteiger partial charge in [-0.15, -0.1) is 0 Å². The van der Waals surface area contributed by atoms with Gasteiger partial charge in [0.25, 0.3) is 5.91 Å². The molecule has 1 amide bonds. The maximum absolute atomic E-state index is 11.4. The molecule has 0 aliphatic rings. The zero-order valence-electron chi connectivity index (χ0n) is 9.69. The fourth-order valence-electron chi connectivity index (χ4n) is 1.29. The van der Waals surface area contributed by atoms with Gasteiger partial charge in [-0.2, -0.15) is 11.8 Å². The number of rotatable bonds is 5. The molecule has 3 heteroatoms. The first-order valence-electron chi connectivity index (χ1n) is 5.28. The van der Waals surface area contributed by atoms with Crippen molar-refractivity contribution in [2.75, 3.05) is 12.8 Å². The Morgan fingerprint density at radius 2 is 2.31 bits per heavy atom. The van der Waals surface area contributed by atoms with E-state index in [1.54, 1.807) is 7.05 Å². The first-order chi connectivity index (χ1) is 7.77. The molecule has 0 heterocycles. The summed E-state index contributed by atoms with van der Waals surface area (Å²) in [5.74, 6) is 1.93. The van der Waals surface area contributed by atoms with E-state index in [4.69, 9.17) is 0 Å². The zero-order chi connectivity index (χ0) is 11.8. The molecule has 0 fully saturated rings. The number of carbonyl (C=O) groups excluding carboxylic acids is 1. The number of benzene rings is 1. The van der Waals surface area contributed by atoms with Crippen LogP contribution in [0.3, 0.4) is 0 Å². The predicted octanol–water partition coefficient (Wildman–Crippen LogP) is 2.86. The molecule has 1 aromatic carbocycles. The van der Waals surface area contributed by atoms with Crippen LogP contribution in [-0.4, -0.2) is 18.7 Å². The third-order valence-electron chi connectivity index (χ3n) is 2.13. The van der Waals surface area contributed by atoms with Crippen molar-refractivity contribution >= 4 is 17.7 Å². The van der Waals surface area contributed by atoms with Crippen LogP contribution < -0.4 is 5.32 Å². The molecule has 1 aromatic rings. The Labute approximate surface area is 101 Å². The van der Waals surface area contributed by atoms with Gasteiger partial charge in [0.15, 0.2) is 0 Å². The van der Waals surface area contributed by atoms with Crippen molar-refractivity contribution in [1.29, 1.82) is 0 Å². The van der Waals surface area contributed by atoms with Crippen molar-refractivity contribution in [3.8, 4) is 0 Å². The zero-order valence-corrected chi connectivity index (χ0v) is 10.5. The van der Waals surface area contributed by atoms with Gasteiger partial charge in [0.1, 0.15) is 0 Å². The van der Waals surface area contributed by atoms with Crippen molar-refractivity contribution in [2.24, 2.45) is 0 Å². The topological polar surface area (TPSA) is 29.1 Å². The predicted molar refractivity (Wildman–Crippen MR) is 70.8 cm³/mol. The van der Waals surface area contributed by atoms with Crippen LogP contribution in [0.25, 0.3) is 0 Å². The molecule has 16 heavy (non-hydrogen) atoms. The van der Waals surface area contributed by atoms with Gasteiger partial charge in [0.05, 0.1) is 0 Å². The first kappa shape index (κ1) is 12.8. The van der Waals surface area contributed by atoms with Crippen LogP contribution in [0.1, 0.15) is 22.8 Å². The van der Waals surface area contributed by atoms with Crippen LogP contribution in [0.5, 0.6) is 0 Å². The number of hydrogen-bond donors (Lipinski definition) is 1. The Kier molecular flexibility index (Phi) is 5.72. The average Bonchev–Trinajstić information content (AvgIpc) is 2.34. The van der Waals surface area contributed by atoms with Gasteiger partial charge in [-0.3, -0.25) is 4.79 Å². The van der Waals surface area contributed by atoms with E-state index in [9.17, 15) is 4.79 Å². The second-order valence-corrected chi connectivity index (χ2v) is 4.39. The normalized spacial score (nSPS) is 10.6. The SMILES string of the molecule is CC=CCSCc1cccc(C(=O)NC)c1. The second kappa shape index (κ2) is 7.12. The van der Waals surface area contributed by atoms with Crippen molar-refractivity contribution in [2.45, 2.75) is 12.7 Å². The van der Waals surface area contributed by atoms with Gasteiger partial charge >= 0.3 is 0 Å². The molecule has 86 valence electrons. The summed E-state index contributed by atoms with van der Waals surface area (Å²) < 4.78 is 0. The molecule has 0 aliphatic heterocycles. The molecular weight excluding hydrogens is 218 g/mol. The minimum absolute atomic E-state index is 0.0275. The number of thioether (sulfide) groups is 1. The molecule has 0 atom stereocenters. The van der Waals surface area contributed by atoms with Crippen molar-refractivity contribution in [3.05, 3.63) is 47.5 Å². The number of nitrogens with one attached hydrogen (secondary N) is 1. The highest BCUT2D eigenvalue weighted by molar-refractivity contribution is 7.98. The monoisotopic (exact) mass is 235 g/mol. The first-order valence-corrected chi connectivity index (χ1v) is 6.43. The van der Waals surface area contributed by atoms with E-state index < -0.39 is 0 Å². The lowest BCUT2D eigenvalue weighted by Gasteiger charge is -2.03. The van der Waals surface area contributed by atoms with E-state index in [0.29, 0.717) is 0 Å². The third kappa shape index (κ3) is 4.11. The van der Waals surface area contributed by atoms with E-state index in [1.165, 1.54) is 5.56 Å². The molecule has 0 saturated heterocycles. The van der Waals surface area contributed by atoms with Gasteiger partial charge in [-0.1, -0.05) is 24.3 Å². The van der Waals surface area contributed by atoms with E-state index in [1.807, 2.05) is 43.0 Å². The van der Waals surface area contributed by atoms with E-state index in [0.717, 1.165) is 17.1 Å². The van der Waals surface area contributed by atoms with Gasteiger partial charge in [0.2, 0.25) is 0 Å². The number of amides is 1. The fraction of sp³-hybridized carbons (Fsp3) is 0.308. The molecule has 0 spiro atoms. The Bertz CT molecular complexity index is 374. The minimum Gasteiger partial charge on any atom is -0.355 e. The summed E-state index contributed by atoms with van der Waals surface area (Å²) in [4.78, 5) is 11.4. The maximum Gasteiger partial charge on any atom is 0.251 e. The van der Waals surface area contributed by atoms with Gasteiger partial charge in [-0.05, 0) is 24.6 Å². The highest BCUT2D eigenvalue weighted by atomic mass is 32.2. The lowest BCUT2D eigenvalue weighted by Crippen LogP contribution is -2.17. The van der Waals surface area contributed by atoms with Crippen LogP contribution >= 0.6 is 11.8 Å². The summed E-state index contributed by atoms with van der Waals surface area (Å²) >= 11 is 1.84. The summed E-state index contributed by atoms with van der Waals surface area (Å²) in [7, 11) is 1.65. The van der Waals surface area contributed by atoms with Crippen LogP contribution in [0.4, 0.5) is 0 Å². The molecule has 0 bridgehead atoms. The number of allylic oxidation sites excluding steroid dienone is 1. The Balaban J connectivity index is 2.57. The Morgan fingerprint density at radius 1 is 1.50 bits per heavy atom. The standard InChI is InChI=1S/C13H17NOS/c1-3-4-8-16-10-11-6-5-7-12(9-11)13(15)14-2/h3-7,9H,8,10H2,1-2H3,(H,14,15). The lowest BCUT2D eigenvalue weighted by molar-refractivity contribution is 0.0963. The summed E-state index contributed by atoms with van der Waals surface area (Å²) in [6.07, 6.45) is 4.18. The molecule has 0 aromatic heterocycles. The molecule has 0 aliphatic carbocycles. The van der Waals surface area contributed by atoms with Crippen LogP contribution in [0, 0.1) is 0 Å². The smallest absolute Gasteiger partial charge is 0.251 e. The van der Waals surface area contributed by atoms with Crippen molar-refractivity contribution in [3.63, 3.8) is 0 Å². The summed E-state index contributed by atoms with van der Waals surface area (Å²) in [5, 5.41) is 2.63. The van der Waals surface area contributed by atoms with Crippen LogP contribution in [-0.2, 0) is 5.75 Å². The fourth-order valence-corrected chi connectivity index (χ4v) is 2.15. The second-order valence-electron chi connectivity index (χ2n) is 3.36. The Hall–Kier alpha value is -1.22. The maximum atomic E-state index is 11.4. The largest absolute Gasteiger partial charge is 0.355 e. The lowest BCUT2D eigenvalue weighted by atomic mass is 10.1. The number of hydrogen-bond acceptors (Lipinski definition) is 2. The van der Waals surface area contributed by atoms with E-state index in [-0.39, 0.29) is 5.91 Å². The molecule has 0 unspecified atom stereocenters. The summed E-state index contributed by atoms with van der Waals surface area (Å²) in [5.41, 5.74) is 1.92. The molecule has 2 nitrogen and oxygen atoms in total. The summed E-state index contributed by atoms with van der Waals surface area (Å²) in [6.45, 7) is 2.02. The summed E-state index contributed by atoms with van der Waals surface area (Å²) in [6, 6.07) is 7.76. The van der Waals surface area contributed by atoms with E-state index >= 15 is 0 Å². The van der Waals surface area contributed by atoms with Crippen LogP contribution in [0.2, 0.25) is 0 Å². The Morgan fingerprint density at radius 3 is 3.00 bits per heavy atom. The molecular formula is C13H17NOS. The minimum atomic E-state index is -0.0275. The quantitative estimate of drug-likeness (QED) is 0.628. The van der Waals surface area contributed by atoms with Crippen LogP contribution in [0.15, 0.2) is 36.4 Å². The van der Waals surface area contributed by atoms with Crippen molar-refractivity contribution < 1.29 is 4.79 Å².